The maximum Gasteiger partial charge on any atom is 0.303 e. The van der Waals surface area contributed by atoms with Crippen molar-refractivity contribution in [1.29, 1.82) is 0 Å². The van der Waals surface area contributed by atoms with Crippen LogP contribution in [0.4, 0.5) is 4.39 Å². The molecule has 0 fully saturated rings. The Morgan fingerprint density at radius 1 is 1.36 bits per heavy atom. The van der Waals surface area contributed by atoms with Crippen molar-refractivity contribution in [3.63, 3.8) is 0 Å². The van der Waals surface area contributed by atoms with E-state index in [0.29, 0.717) is 13.2 Å². The van der Waals surface area contributed by atoms with Gasteiger partial charge >= 0.3 is 6.04 Å². The summed E-state index contributed by atoms with van der Waals surface area (Å²) in [5.41, 5.74) is 0. The Bertz CT molecular complexity index is 178. The Balaban J connectivity index is 0. The van der Waals surface area contributed by atoms with Gasteiger partial charge in [0.2, 0.25) is 5.91 Å². The van der Waals surface area contributed by atoms with Crippen LogP contribution in [-0.4, -0.2) is 31.7 Å². The number of ether oxygens (including phenoxy) is 1. The Hall–Kier alpha value is -0.282. The number of hydrogen-bond acceptors (Lipinski definition) is 3. The Morgan fingerprint density at radius 2 is 2.00 bits per heavy atom. The summed E-state index contributed by atoms with van der Waals surface area (Å²) >= 11 is 0. The van der Waals surface area contributed by atoms with Gasteiger partial charge in [0.25, 0.3) is 0 Å². The van der Waals surface area contributed by atoms with Gasteiger partial charge in [-0.15, -0.1) is 0 Å². The molecular formula is C8H13FNO3W-. The van der Waals surface area contributed by atoms with E-state index in [0.717, 1.165) is 0 Å². The van der Waals surface area contributed by atoms with Crippen molar-refractivity contribution < 1.29 is 39.8 Å². The molecular weight excluding hydrogens is 361 g/mol. The number of carbonyl (C=O) groups is 2. The van der Waals surface area contributed by atoms with E-state index >= 15 is 0 Å². The van der Waals surface area contributed by atoms with E-state index in [-0.39, 0.29) is 46.4 Å². The summed E-state index contributed by atoms with van der Waals surface area (Å²) < 4.78 is 16.5. The van der Waals surface area contributed by atoms with Gasteiger partial charge in [-0.25, -0.2) is 0 Å². The largest absolute Gasteiger partial charge is 0.413 e. The predicted molar refractivity (Wildman–Crippen MR) is 44.5 cm³/mol. The molecule has 0 heterocycles. The molecule has 0 aliphatic carbocycles. The number of halogens is 1. The number of hydrogen-bond donors (Lipinski definition) is 1. The van der Waals surface area contributed by atoms with Crippen LogP contribution in [0, 0.1) is 6.92 Å². The zero-order chi connectivity index (χ0) is 10.1. The van der Waals surface area contributed by atoms with Crippen molar-refractivity contribution in [2.75, 3.05) is 19.8 Å². The fraction of sp³-hybridized carbons (Fsp3) is 0.625. The second kappa shape index (κ2) is 10.8. The molecule has 0 radical (unpaired) electrons. The van der Waals surface area contributed by atoms with E-state index in [4.69, 9.17) is 4.74 Å². The van der Waals surface area contributed by atoms with Crippen molar-refractivity contribution in [2.45, 2.75) is 12.8 Å². The van der Waals surface area contributed by atoms with Crippen LogP contribution in [0.25, 0.3) is 0 Å². The molecule has 0 rings (SSSR count). The van der Waals surface area contributed by atoms with Crippen molar-refractivity contribution in [2.24, 2.45) is 0 Å². The topological polar surface area (TPSA) is 55.4 Å². The van der Waals surface area contributed by atoms with Crippen LogP contribution >= 0.6 is 0 Å². The molecule has 82 valence electrons. The Labute approximate surface area is 96.8 Å². The minimum absolute atomic E-state index is 0. The van der Waals surface area contributed by atoms with Crippen molar-refractivity contribution in [1.82, 2.24) is 5.32 Å². The van der Waals surface area contributed by atoms with E-state index in [1.807, 2.05) is 0 Å². The van der Waals surface area contributed by atoms with Gasteiger partial charge in [-0.3, -0.25) is 9.59 Å². The number of amides is 1. The first kappa shape index (κ1) is 16.2. The first-order valence-electron chi connectivity index (χ1n) is 3.99. The summed E-state index contributed by atoms with van der Waals surface area (Å²) in [7, 11) is 0. The summed E-state index contributed by atoms with van der Waals surface area (Å²) in [5.74, 6) is -0.255. The summed E-state index contributed by atoms with van der Waals surface area (Å²) in [6, 6.07) is -1.42. The first-order valence-corrected chi connectivity index (χ1v) is 3.99. The van der Waals surface area contributed by atoms with Gasteiger partial charge < -0.3 is 17.0 Å². The van der Waals surface area contributed by atoms with Crippen LogP contribution in [0.5, 0.6) is 0 Å². The Kier molecular flexibility index (Phi) is 12.5. The summed E-state index contributed by atoms with van der Waals surface area (Å²) in [6.07, 6.45) is -0.0715. The minimum Gasteiger partial charge on any atom is -0.413 e. The van der Waals surface area contributed by atoms with Gasteiger partial charge in [-0.05, 0) is 0 Å². The normalized spacial score (nSPS) is 9.00. The third kappa shape index (κ3) is 11.7. The molecule has 0 spiro atoms. The number of nitrogens with one attached hydrogen (secondary N) is 1. The minimum atomic E-state index is -1.42. The second-order valence-electron chi connectivity index (χ2n) is 2.32. The van der Waals surface area contributed by atoms with Gasteiger partial charge in [0.05, 0.1) is 13.0 Å². The molecule has 1 N–H and O–H groups in total. The molecule has 0 aromatic heterocycles. The van der Waals surface area contributed by atoms with E-state index < -0.39 is 6.04 Å². The average Bonchev–Trinajstić information content (AvgIpc) is 2.04. The molecule has 0 unspecified atom stereocenters. The molecule has 0 saturated heterocycles. The maximum absolute atomic E-state index is 11.6. The van der Waals surface area contributed by atoms with Crippen LogP contribution in [0.15, 0.2) is 0 Å². The third-order valence-corrected chi connectivity index (χ3v) is 1.26. The molecule has 4 nitrogen and oxygen atoms in total. The SMILES string of the molecule is [CH2-]COCCC(=O)NCCC(=O)F.[W]. The first-order chi connectivity index (χ1) is 6.16. The maximum atomic E-state index is 11.6. The second-order valence-corrected chi connectivity index (χ2v) is 2.32. The smallest absolute Gasteiger partial charge is 0.303 e. The van der Waals surface area contributed by atoms with Crippen molar-refractivity contribution in [3.05, 3.63) is 6.92 Å². The predicted octanol–water partition coefficient (Wildman–Crippen LogP) is 0.227. The van der Waals surface area contributed by atoms with Crippen molar-refractivity contribution in [3.8, 4) is 0 Å². The molecule has 1 amide bonds. The average molecular weight is 374 g/mol. The molecule has 0 aliphatic rings. The van der Waals surface area contributed by atoms with Crippen LogP contribution in [0.1, 0.15) is 12.8 Å². The van der Waals surface area contributed by atoms with E-state index in [9.17, 15) is 14.0 Å². The Morgan fingerprint density at radius 3 is 2.50 bits per heavy atom. The van der Waals surface area contributed by atoms with Crippen LogP contribution in [0.2, 0.25) is 0 Å². The van der Waals surface area contributed by atoms with Crippen LogP contribution < -0.4 is 5.32 Å². The monoisotopic (exact) mass is 374 g/mol. The standard InChI is InChI=1S/C8H13FNO3.W/c1-2-13-6-4-8(12)10-5-3-7(9)11;/h1-6H2,(H,10,12);/q-1;. The summed E-state index contributed by atoms with van der Waals surface area (Å²) in [6.45, 7) is 4.07. The van der Waals surface area contributed by atoms with Gasteiger partial charge in [-0.1, -0.05) is 6.61 Å². The molecule has 0 aromatic carbocycles. The van der Waals surface area contributed by atoms with Crippen molar-refractivity contribution >= 4 is 11.9 Å². The van der Waals surface area contributed by atoms with E-state index in [2.05, 4.69) is 12.2 Å². The van der Waals surface area contributed by atoms with Crippen LogP contribution in [0.3, 0.4) is 0 Å². The van der Waals surface area contributed by atoms with Crippen LogP contribution in [-0.2, 0) is 35.4 Å². The quantitative estimate of drug-likeness (QED) is 0.395. The zero-order valence-electron chi connectivity index (χ0n) is 7.75. The van der Waals surface area contributed by atoms with Gasteiger partial charge in [0, 0.05) is 34.0 Å². The third-order valence-electron chi connectivity index (χ3n) is 1.26. The number of carbonyl (C=O) groups excluding carboxylic acids is 2. The van der Waals surface area contributed by atoms with E-state index in [1.54, 1.807) is 0 Å². The van der Waals surface area contributed by atoms with Gasteiger partial charge in [0.15, 0.2) is 0 Å². The van der Waals surface area contributed by atoms with Gasteiger partial charge in [0.1, 0.15) is 0 Å². The van der Waals surface area contributed by atoms with E-state index in [1.165, 1.54) is 0 Å². The van der Waals surface area contributed by atoms with Gasteiger partial charge in [-0.2, -0.15) is 4.39 Å². The molecule has 0 saturated carbocycles. The summed E-state index contributed by atoms with van der Waals surface area (Å²) in [5, 5.41) is 2.37. The zero-order valence-corrected chi connectivity index (χ0v) is 10.7. The fourth-order valence-corrected chi connectivity index (χ4v) is 0.656. The fourth-order valence-electron chi connectivity index (χ4n) is 0.656. The molecule has 0 atom stereocenters. The molecule has 0 aromatic rings. The summed E-state index contributed by atoms with van der Waals surface area (Å²) in [4.78, 5) is 20.7. The molecule has 0 aliphatic heterocycles. The molecule has 14 heavy (non-hydrogen) atoms. The molecule has 6 heteroatoms. The number of rotatable bonds is 7. The molecule has 0 bridgehead atoms.